The van der Waals surface area contributed by atoms with E-state index in [4.69, 9.17) is 15.9 Å². The summed E-state index contributed by atoms with van der Waals surface area (Å²) in [6, 6.07) is -1.15. The van der Waals surface area contributed by atoms with Crippen molar-refractivity contribution in [2.45, 2.75) is 24.7 Å². The van der Waals surface area contributed by atoms with Gasteiger partial charge in [-0.1, -0.05) is 0 Å². The van der Waals surface area contributed by atoms with Crippen molar-refractivity contribution < 1.29 is 28.2 Å². The van der Waals surface area contributed by atoms with Crippen LogP contribution in [0, 0.1) is 0 Å². The highest BCUT2D eigenvalue weighted by atomic mass is 19.4. The first-order chi connectivity index (χ1) is 6.66. The summed E-state index contributed by atoms with van der Waals surface area (Å²) in [6.07, 6.45) is -4.90. The molecule has 8 heteroatoms. The quantitative estimate of drug-likeness (QED) is 0.484. The fourth-order valence-electron chi connectivity index (χ4n) is 0.613. The second-order valence-electron chi connectivity index (χ2n) is 3.24. The maximum Gasteiger partial charge on any atom is 0.415 e. The molecule has 15 heavy (non-hydrogen) atoms. The molecule has 0 aliphatic heterocycles. The molecule has 0 saturated heterocycles. The number of rotatable bonds is 4. The lowest BCUT2D eigenvalue weighted by molar-refractivity contribution is -0.188. The molecule has 1 unspecified atom stereocenters. The van der Waals surface area contributed by atoms with Crippen LogP contribution in [0.2, 0.25) is 0 Å². The number of amides is 1. The molecule has 0 aliphatic carbocycles. The summed E-state index contributed by atoms with van der Waals surface area (Å²) < 4.78 is 36.7. The molecule has 1 atom stereocenters. The number of aliphatic hydroxyl groups excluding tert-OH is 2. The van der Waals surface area contributed by atoms with Gasteiger partial charge < -0.3 is 21.3 Å². The molecule has 0 fully saturated rings. The van der Waals surface area contributed by atoms with E-state index in [1.807, 2.05) is 0 Å². The predicted molar refractivity (Wildman–Crippen MR) is 44.7 cm³/mol. The van der Waals surface area contributed by atoms with Crippen molar-refractivity contribution in [3.05, 3.63) is 0 Å². The van der Waals surface area contributed by atoms with Crippen LogP contribution in [-0.4, -0.2) is 47.1 Å². The summed E-state index contributed by atoms with van der Waals surface area (Å²) in [5.41, 5.74) is 1.75. The van der Waals surface area contributed by atoms with E-state index in [1.165, 1.54) is 0 Å². The Balaban J connectivity index is 4.58. The summed E-state index contributed by atoms with van der Waals surface area (Å²) in [4.78, 5) is 11.1. The van der Waals surface area contributed by atoms with Crippen LogP contribution < -0.4 is 11.1 Å². The Kier molecular flexibility index (Phi) is 4.50. The van der Waals surface area contributed by atoms with Crippen molar-refractivity contribution in [3.8, 4) is 0 Å². The maximum atomic E-state index is 12.2. The molecule has 5 N–H and O–H groups in total. The van der Waals surface area contributed by atoms with Crippen LogP contribution in [0.1, 0.15) is 6.92 Å². The van der Waals surface area contributed by atoms with Gasteiger partial charge in [0.05, 0.1) is 19.3 Å². The zero-order chi connectivity index (χ0) is 12.3. The number of alkyl halides is 3. The van der Waals surface area contributed by atoms with Crippen molar-refractivity contribution in [3.63, 3.8) is 0 Å². The van der Waals surface area contributed by atoms with Gasteiger partial charge in [0.15, 0.2) is 5.54 Å². The summed E-state index contributed by atoms with van der Waals surface area (Å²) in [5.74, 6) is -1.50. The van der Waals surface area contributed by atoms with Crippen molar-refractivity contribution in [2.24, 2.45) is 5.73 Å². The standard InChI is InChI=1S/C7H13F3N2O3/c1-6(11,7(8,9)10)5(15)12-4(2-13)3-14/h4,13-14H,2-3,11H2,1H3,(H,12,15). The third-order valence-electron chi connectivity index (χ3n) is 1.84. The second kappa shape index (κ2) is 4.77. The lowest BCUT2D eigenvalue weighted by Crippen LogP contribution is -2.63. The van der Waals surface area contributed by atoms with Gasteiger partial charge in [-0.2, -0.15) is 13.2 Å². The van der Waals surface area contributed by atoms with Gasteiger partial charge in [-0.25, -0.2) is 0 Å². The van der Waals surface area contributed by atoms with Gasteiger partial charge in [-0.15, -0.1) is 0 Å². The lowest BCUT2D eigenvalue weighted by Gasteiger charge is -2.27. The largest absolute Gasteiger partial charge is 0.415 e. The summed E-state index contributed by atoms with van der Waals surface area (Å²) in [5, 5.41) is 18.9. The van der Waals surface area contributed by atoms with Crippen LogP contribution in [-0.2, 0) is 4.79 Å². The highest BCUT2D eigenvalue weighted by Gasteiger charge is 2.54. The van der Waals surface area contributed by atoms with E-state index < -0.39 is 36.9 Å². The summed E-state index contributed by atoms with van der Waals surface area (Å²) in [7, 11) is 0. The van der Waals surface area contributed by atoms with Gasteiger partial charge in [0.2, 0.25) is 5.91 Å². The second-order valence-corrected chi connectivity index (χ2v) is 3.24. The van der Waals surface area contributed by atoms with E-state index in [-0.39, 0.29) is 0 Å². The molecule has 90 valence electrons. The zero-order valence-electron chi connectivity index (χ0n) is 8.01. The van der Waals surface area contributed by atoms with E-state index in [9.17, 15) is 18.0 Å². The van der Waals surface area contributed by atoms with Gasteiger partial charge in [0.1, 0.15) is 0 Å². The predicted octanol–water partition coefficient (Wildman–Crippen LogP) is -1.26. The number of nitrogens with two attached hydrogens (primary N) is 1. The molecule has 0 bridgehead atoms. The van der Waals surface area contributed by atoms with Gasteiger partial charge in [-0.3, -0.25) is 4.79 Å². The Bertz CT molecular complexity index is 226. The van der Waals surface area contributed by atoms with E-state index in [1.54, 1.807) is 5.32 Å². The van der Waals surface area contributed by atoms with Gasteiger partial charge in [-0.05, 0) is 6.92 Å². The monoisotopic (exact) mass is 230 g/mol. The molecule has 0 rings (SSSR count). The van der Waals surface area contributed by atoms with Crippen molar-refractivity contribution in [1.82, 2.24) is 5.32 Å². The van der Waals surface area contributed by atoms with Crippen LogP contribution in [0.4, 0.5) is 13.2 Å². The molecular formula is C7H13F3N2O3. The summed E-state index contributed by atoms with van der Waals surface area (Å²) >= 11 is 0. The smallest absolute Gasteiger partial charge is 0.394 e. The minimum Gasteiger partial charge on any atom is -0.394 e. The number of carbonyl (C=O) groups excluding carboxylic acids is 1. The Morgan fingerprint density at radius 2 is 1.80 bits per heavy atom. The highest BCUT2D eigenvalue weighted by molar-refractivity contribution is 5.86. The first kappa shape index (κ1) is 14.1. The lowest BCUT2D eigenvalue weighted by atomic mass is 10.0. The Hall–Kier alpha value is -0.860. The van der Waals surface area contributed by atoms with E-state index in [0.717, 1.165) is 0 Å². The fourth-order valence-corrected chi connectivity index (χ4v) is 0.613. The van der Waals surface area contributed by atoms with Gasteiger partial charge in [0, 0.05) is 0 Å². The molecule has 0 aromatic heterocycles. The number of nitrogens with one attached hydrogen (secondary N) is 1. The van der Waals surface area contributed by atoms with Crippen LogP contribution in [0.3, 0.4) is 0 Å². The van der Waals surface area contributed by atoms with Crippen molar-refractivity contribution in [1.29, 1.82) is 0 Å². The topological polar surface area (TPSA) is 95.6 Å². The number of aliphatic hydroxyl groups is 2. The molecule has 0 saturated carbocycles. The van der Waals surface area contributed by atoms with Crippen LogP contribution >= 0.6 is 0 Å². The first-order valence-corrected chi connectivity index (χ1v) is 4.05. The van der Waals surface area contributed by atoms with Crippen LogP contribution in [0.15, 0.2) is 0 Å². The Morgan fingerprint density at radius 3 is 2.07 bits per heavy atom. The molecule has 0 aromatic carbocycles. The minimum absolute atomic E-state index is 0.508. The summed E-state index contributed by atoms with van der Waals surface area (Å²) in [6.45, 7) is -0.833. The molecule has 0 aromatic rings. The van der Waals surface area contributed by atoms with E-state index >= 15 is 0 Å². The number of hydrogen-bond acceptors (Lipinski definition) is 4. The SMILES string of the molecule is CC(N)(C(=O)NC(CO)CO)C(F)(F)F. The van der Waals surface area contributed by atoms with E-state index in [2.05, 4.69) is 0 Å². The number of carbonyl (C=O) groups is 1. The molecule has 0 aliphatic rings. The molecule has 1 amide bonds. The first-order valence-electron chi connectivity index (χ1n) is 4.05. The third-order valence-corrected chi connectivity index (χ3v) is 1.84. The molecule has 0 heterocycles. The Labute approximate surface area is 84.1 Å². The number of hydrogen-bond donors (Lipinski definition) is 4. The zero-order valence-corrected chi connectivity index (χ0v) is 8.01. The van der Waals surface area contributed by atoms with Crippen LogP contribution in [0.5, 0.6) is 0 Å². The van der Waals surface area contributed by atoms with E-state index in [0.29, 0.717) is 6.92 Å². The maximum absolute atomic E-state index is 12.2. The van der Waals surface area contributed by atoms with Crippen LogP contribution in [0.25, 0.3) is 0 Å². The third kappa shape index (κ3) is 3.33. The molecule has 0 spiro atoms. The van der Waals surface area contributed by atoms with Gasteiger partial charge in [0.25, 0.3) is 0 Å². The normalized spacial score (nSPS) is 16.3. The van der Waals surface area contributed by atoms with Gasteiger partial charge >= 0.3 is 6.18 Å². The molecular weight excluding hydrogens is 217 g/mol. The average Bonchev–Trinajstić information content (AvgIpc) is 2.11. The Morgan fingerprint density at radius 1 is 1.40 bits per heavy atom. The average molecular weight is 230 g/mol. The fraction of sp³-hybridized carbons (Fsp3) is 0.857. The minimum atomic E-state index is -4.90. The highest BCUT2D eigenvalue weighted by Crippen LogP contribution is 2.27. The van der Waals surface area contributed by atoms with Crippen molar-refractivity contribution >= 4 is 5.91 Å². The van der Waals surface area contributed by atoms with Crippen molar-refractivity contribution in [2.75, 3.05) is 13.2 Å². The molecule has 0 radical (unpaired) electrons. The molecule has 5 nitrogen and oxygen atoms in total. The number of halogens is 3.